The summed E-state index contributed by atoms with van der Waals surface area (Å²) in [6.45, 7) is 25.8. The SMILES string of the molecule is CCC(COC)(COC)CO[Si]([Si](C)(C)C)([Si](C)(C)C)[Si](C)(C)C. The average molecular weight is 409 g/mol. The Labute approximate surface area is 155 Å². The quantitative estimate of drug-likeness (QED) is 0.456. The molecule has 0 heterocycles. The zero-order valence-electron chi connectivity index (χ0n) is 18.6. The van der Waals surface area contributed by atoms with Gasteiger partial charge in [-0.25, -0.2) is 0 Å². The van der Waals surface area contributed by atoms with Crippen molar-refractivity contribution in [2.24, 2.45) is 5.41 Å². The van der Waals surface area contributed by atoms with Crippen LogP contribution in [-0.4, -0.2) is 63.7 Å². The van der Waals surface area contributed by atoms with Crippen LogP contribution in [0, 0.1) is 5.41 Å². The van der Waals surface area contributed by atoms with Crippen LogP contribution in [0.4, 0.5) is 0 Å². The lowest BCUT2D eigenvalue weighted by Gasteiger charge is -2.57. The zero-order valence-corrected chi connectivity index (χ0v) is 22.6. The second kappa shape index (κ2) is 8.62. The molecule has 0 N–H and O–H groups in total. The minimum absolute atomic E-state index is 0.0132. The lowest BCUT2D eigenvalue weighted by Crippen LogP contribution is -2.84. The molecule has 146 valence electrons. The van der Waals surface area contributed by atoms with Gasteiger partial charge in [-0.3, -0.25) is 0 Å². The van der Waals surface area contributed by atoms with E-state index in [2.05, 4.69) is 65.8 Å². The molecule has 0 aromatic rings. The van der Waals surface area contributed by atoms with E-state index < -0.39 is 29.6 Å². The third-order valence-corrected chi connectivity index (χ3v) is 73.1. The third-order valence-electron chi connectivity index (χ3n) is 5.41. The lowest BCUT2D eigenvalue weighted by atomic mass is 9.88. The van der Waals surface area contributed by atoms with Crippen LogP contribution in [0.25, 0.3) is 0 Å². The van der Waals surface area contributed by atoms with Gasteiger partial charge in [-0.15, -0.1) is 0 Å². The highest BCUT2D eigenvalue weighted by molar-refractivity contribution is 7.87. The Morgan fingerprint density at radius 1 is 0.625 bits per heavy atom. The highest BCUT2D eigenvalue weighted by Crippen LogP contribution is 2.39. The fourth-order valence-corrected chi connectivity index (χ4v) is 99.4. The molecule has 0 saturated heterocycles. The van der Waals surface area contributed by atoms with Gasteiger partial charge in [0.2, 0.25) is 0 Å². The van der Waals surface area contributed by atoms with E-state index >= 15 is 0 Å². The molecule has 0 aromatic carbocycles. The molecular formula is C17H44O3Si4. The number of rotatable bonds is 11. The molecule has 0 rings (SSSR count). The first-order valence-corrected chi connectivity index (χ1v) is 24.7. The fraction of sp³-hybridized carbons (Fsp3) is 1.00. The van der Waals surface area contributed by atoms with E-state index in [4.69, 9.17) is 13.9 Å². The van der Waals surface area contributed by atoms with Gasteiger partial charge >= 0.3 is 0 Å². The molecule has 0 atom stereocenters. The van der Waals surface area contributed by atoms with Crippen molar-refractivity contribution >= 4 is 29.6 Å². The summed E-state index contributed by atoms with van der Waals surface area (Å²) in [6.07, 6.45) is 1.03. The second-order valence-electron chi connectivity index (χ2n) is 10.4. The maximum atomic E-state index is 7.25. The van der Waals surface area contributed by atoms with Crippen molar-refractivity contribution in [3.8, 4) is 0 Å². The van der Waals surface area contributed by atoms with Crippen LogP contribution < -0.4 is 0 Å². The van der Waals surface area contributed by atoms with Gasteiger partial charge in [0.15, 0.2) is 6.87 Å². The molecular weight excluding hydrogens is 365 g/mol. The average Bonchev–Trinajstić information content (AvgIpc) is 2.34. The normalized spacial score (nSPS) is 15.0. The van der Waals surface area contributed by atoms with Gasteiger partial charge < -0.3 is 13.9 Å². The van der Waals surface area contributed by atoms with E-state index in [0.717, 1.165) is 13.0 Å². The van der Waals surface area contributed by atoms with E-state index in [1.54, 1.807) is 14.2 Å². The van der Waals surface area contributed by atoms with Gasteiger partial charge in [0.1, 0.15) is 0 Å². The molecule has 0 aromatic heterocycles. The van der Waals surface area contributed by atoms with Crippen molar-refractivity contribution in [2.45, 2.75) is 72.3 Å². The van der Waals surface area contributed by atoms with Crippen molar-refractivity contribution in [3.05, 3.63) is 0 Å². The van der Waals surface area contributed by atoms with Crippen molar-refractivity contribution < 1.29 is 13.9 Å². The standard InChI is InChI=1S/C17H44O3Si4/c1-13-17(14-18-2,15-19-3)16-20-24(21(4,5)6,22(7,8)9)23(10,11)12/h13-16H2,1-12H3. The molecule has 0 aliphatic heterocycles. The van der Waals surface area contributed by atoms with Crippen molar-refractivity contribution in [3.63, 3.8) is 0 Å². The Kier molecular flexibility index (Phi) is 8.89. The predicted octanol–water partition coefficient (Wildman–Crippen LogP) is 4.89. The topological polar surface area (TPSA) is 27.7 Å². The van der Waals surface area contributed by atoms with E-state index in [9.17, 15) is 0 Å². The molecule has 0 saturated carbocycles. The first-order valence-electron chi connectivity index (χ1n) is 9.26. The first-order chi connectivity index (χ1) is 10.6. The highest BCUT2D eigenvalue weighted by atomic mass is 29.9. The van der Waals surface area contributed by atoms with Gasteiger partial charge in [0, 0.05) is 26.2 Å². The monoisotopic (exact) mass is 408 g/mol. The number of ether oxygens (including phenoxy) is 2. The van der Waals surface area contributed by atoms with E-state index in [0.29, 0.717) is 13.2 Å². The number of hydrogen-bond donors (Lipinski definition) is 0. The molecule has 7 heteroatoms. The Hall–Kier alpha value is 0.748. The minimum atomic E-state index is -1.78. The second-order valence-corrected chi connectivity index (χ2v) is 49.9. The van der Waals surface area contributed by atoms with Crippen molar-refractivity contribution in [2.75, 3.05) is 34.0 Å². The van der Waals surface area contributed by atoms with Crippen molar-refractivity contribution in [1.82, 2.24) is 0 Å². The Morgan fingerprint density at radius 3 is 1.17 bits per heavy atom. The summed E-state index contributed by atoms with van der Waals surface area (Å²) in [5.41, 5.74) is -0.0132. The molecule has 0 unspecified atom stereocenters. The van der Waals surface area contributed by atoms with E-state index in [1.807, 2.05) is 0 Å². The number of hydrogen-bond acceptors (Lipinski definition) is 3. The van der Waals surface area contributed by atoms with Crippen LogP contribution in [0.2, 0.25) is 58.9 Å². The lowest BCUT2D eigenvalue weighted by molar-refractivity contribution is -0.0217. The fourth-order valence-electron chi connectivity index (χ4n) is 5.33. The van der Waals surface area contributed by atoms with Crippen LogP contribution in [-0.2, 0) is 13.9 Å². The van der Waals surface area contributed by atoms with Crippen LogP contribution in [0.5, 0.6) is 0 Å². The smallest absolute Gasteiger partial charge is 0.158 e. The van der Waals surface area contributed by atoms with Gasteiger partial charge in [-0.1, -0.05) is 65.8 Å². The summed E-state index contributed by atoms with van der Waals surface area (Å²) < 4.78 is 18.4. The van der Waals surface area contributed by atoms with Crippen LogP contribution in [0.3, 0.4) is 0 Å². The Bertz CT molecular complexity index is 339. The summed E-state index contributed by atoms with van der Waals surface area (Å²) in [5.74, 6) is 0. The van der Waals surface area contributed by atoms with Crippen LogP contribution >= 0.6 is 0 Å². The van der Waals surface area contributed by atoms with Gasteiger partial charge in [-0.05, 0) is 6.42 Å². The van der Waals surface area contributed by atoms with E-state index in [1.165, 1.54) is 0 Å². The maximum Gasteiger partial charge on any atom is 0.158 e. The van der Waals surface area contributed by atoms with Crippen LogP contribution in [0.15, 0.2) is 0 Å². The van der Waals surface area contributed by atoms with Gasteiger partial charge in [0.05, 0.1) is 36.0 Å². The minimum Gasteiger partial charge on any atom is -0.425 e. The van der Waals surface area contributed by atoms with Gasteiger partial charge in [-0.2, -0.15) is 0 Å². The van der Waals surface area contributed by atoms with Crippen molar-refractivity contribution in [1.29, 1.82) is 0 Å². The van der Waals surface area contributed by atoms with E-state index in [-0.39, 0.29) is 5.41 Å². The first kappa shape index (κ1) is 24.7. The molecule has 24 heavy (non-hydrogen) atoms. The largest absolute Gasteiger partial charge is 0.425 e. The number of methoxy groups -OCH3 is 2. The van der Waals surface area contributed by atoms with Crippen LogP contribution in [0.1, 0.15) is 13.3 Å². The molecule has 0 spiro atoms. The highest BCUT2D eigenvalue weighted by Gasteiger charge is 2.64. The molecule has 0 fully saturated rings. The molecule has 0 aliphatic carbocycles. The zero-order chi connectivity index (χ0) is 19.4. The molecule has 0 amide bonds. The molecule has 0 aliphatic rings. The Balaban J connectivity index is 5.96. The predicted molar refractivity (Wildman–Crippen MR) is 118 cm³/mol. The Morgan fingerprint density at radius 2 is 0.958 bits per heavy atom. The molecule has 0 bridgehead atoms. The third kappa shape index (κ3) is 5.14. The summed E-state index contributed by atoms with van der Waals surface area (Å²) >= 11 is 0. The summed E-state index contributed by atoms with van der Waals surface area (Å²) in [7, 11) is -0.639. The van der Waals surface area contributed by atoms with Gasteiger partial charge in [0.25, 0.3) is 0 Å². The summed E-state index contributed by atoms with van der Waals surface area (Å²) in [4.78, 5) is 0. The summed E-state index contributed by atoms with van der Waals surface area (Å²) in [5, 5.41) is 0. The summed E-state index contributed by atoms with van der Waals surface area (Å²) in [6, 6.07) is 0. The molecule has 0 radical (unpaired) electrons. The maximum absolute atomic E-state index is 7.25. The molecule has 3 nitrogen and oxygen atoms in total.